The monoisotopic (exact) mass is 386 g/mol. The number of nitrogens with one attached hydrogen (secondary N) is 2. The molecule has 0 aromatic carbocycles. The van der Waals surface area contributed by atoms with Crippen LogP contribution in [0.5, 0.6) is 0 Å². The van der Waals surface area contributed by atoms with Gasteiger partial charge < -0.3 is 9.97 Å². The number of nitrogens with zero attached hydrogens (tertiary/aromatic N) is 4. The van der Waals surface area contributed by atoms with E-state index in [4.69, 9.17) is 0 Å². The fourth-order valence-electron chi connectivity index (χ4n) is 2.40. The number of aromatic nitrogens is 6. The SMILES string of the molecule is CC.CC.Cc1c(C)n2nccc2[nH]c1=O.Cc1c(C)n2nccc2[nH]c1=O. The minimum atomic E-state index is -0.0412. The molecule has 28 heavy (non-hydrogen) atoms. The van der Waals surface area contributed by atoms with Crippen molar-refractivity contribution >= 4 is 11.3 Å². The van der Waals surface area contributed by atoms with Crippen molar-refractivity contribution in [3.8, 4) is 0 Å². The van der Waals surface area contributed by atoms with Crippen LogP contribution in [0.2, 0.25) is 0 Å². The Kier molecular flexibility index (Phi) is 8.37. The molecule has 0 spiro atoms. The highest BCUT2D eigenvalue weighted by Gasteiger charge is 2.04. The van der Waals surface area contributed by atoms with E-state index in [2.05, 4.69) is 20.2 Å². The summed E-state index contributed by atoms with van der Waals surface area (Å²) in [5.41, 5.74) is 4.60. The summed E-state index contributed by atoms with van der Waals surface area (Å²) in [6.45, 7) is 15.3. The molecule has 0 aliphatic carbocycles. The van der Waals surface area contributed by atoms with Gasteiger partial charge in [0.1, 0.15) is 11.3 Å². The fraction of sp³-hybridized carbons (Fsp3) is 0.400. The summed E-state index contributed by atoms with van der Waals surface area (Å²) >= 11 is 0. The predicted octanol–water partition coefficient (Wildman–Crippen LogP) is 3.33. The van der Waals surface area contributed by atoms with Gasteiger partial charge >= 0.3 is 0 Å². The summed E-state index contributed by atoms with van der Waals surface area (Å²) in [5, 5.41) is 8.13. The molecule has 2 N–H and O–H groups in total. The number of aryl methyl sites for hydroxylation is 2. The highest BCUT2D eigenvalue weighted by atomic mass is 16.1. The van der Waals surface area contributed by atoms with Gasteiger partial charge in [-0.2, -0.15) is 10.2 Å². The molecule has 4 heterocycles. The lowest BCUT2D eigenvalue weighted by Crippen LogP contribution is -2.15. The van der Waals surface area contributed by atoms with E-state index in [0.29, 0.717) is 11.1 Å². The van der Waals surface area contributed by atoms with Crippen LogP contribution in [0.1, 0.15) is 50.2 Å². The molecule has 152 valence electrons. The van der Waals surface area contributed by atoms with Crippen molar-refractivity contribution in [3.05, 3.63) is 67.7 Å². The molecule has 0 atom stereocenters. The third-order valence-corrected chi connectivity index (χ3v) is 4.17. The van der Waals surface area contributed by atoms with E-state index in [1.807, 2.05) is 41.5 Å². The summed E-state index contributed by atoms with van der Waals surface area (Å²) in [6, 6.07) is 3.54. The van der Waals surface area contributed by atoms with Crippen molar-refractivity contribution in [2.45, 2.75) is 55.4 Å². The molecule has 8 heteroatoms. The first-order valence-electron chi connectivity index (χ1n) is 9.46. The molecule has 8 nitrogen and oxygen atoms in total. The van der Waals surface area contributed by atoms with Crippen molar-refractivity contribution in [2.75, 3.05) is 0 Å². The zero-order chi connectivity index (χ0) is 21.4. The lowest BCUT2D eigenvalue weighted by molar-refractivity contribution is 0.871. The number of hydrogen-bond acceptors (Lipinski definition) is 4. The third-order valence-electron chi connectivity index (χ3n) is 4.17. The quantitative estimate of drug-likeness (QED) is 0.484. The maximum atomic E-state index is 11.3. The highest BCUT2D eigenvalue weighted by Crippen LogP contribution is 2.03. The molecule has 0 aliphatic heterocycles. The molecule has 0 radical (unpaired) electrons. The smallest absolute Gasteiger partial charge is 0.254 e. The van der Waals surface area contributed by atoms with Gasteiger partial charge in [-0.15, -0.1) is 0 Å². The molecule has 0 saturated heterocycles. The molecule has 4 rings (SSSR count). The van der Waals surface area contributed by atoms with Crippen LogP contribution in [0, 0.1) is 27.7 Å². The van der Waals surface area contributed by atoms with Crippen molar-refractivity contribution in [3.63, 3.8) is 0 Å². The van der Waals surface area contributed by atoms with Gasteiger partial charge in [-0.3, -0.25) is 9.59 Å². The molecule has 0 bridgehead atoms. The zero-order valence-electron chi connectivity index (χ0n) is 17.9. The van der Waals surface area contributed by atoms with Crippen LogP contribution in [-0.2, 0) is 0 Å². The lowest BCUT2D eigenvalue weighted by Gasteiger charge is -2.00. The average Bonchev–Trinajstić information content (AvgIpc) is 3.37. The Morgan fingerprint density at radius 3 is 1.32 bits per heavy atom. The van der Waals surface area contributed by atoms with E-state index in [1.165, 1.54) is 0 Å². The highest BCUT2D eigenvalue weighted by molar-refractivity contribution is 5.39. The third kappa shape index (κ3) is 4.57. The first-order valence-corrected chi connectivity index (χ1v) is 9.46. The molecule has 0 amide bonds. The average molecular weight is 387 g/mol. The van der Waals surface area contributed by atoms with E-state index in [0.717, 1.165) is 22.7 Å². The van der Waals surface area contributed by atoms with Crippen LogP contribution >= 0.6 is 0 Å². The summed E-state index contributed by atoms with van der Waals surface area (Å²) in [4.78, 5) is 28.0. The molecular formula is C20H30N6O2. The normalized spacial score (nSPS) is 9.71. The van der Waals surface area contributed by atoms with E-state index in [9.17, 15) is 9.59 Å². The zero-order valence-corrected chi connectivity index (χ0v) is 17.9. The van der Waals surface area contributed by atoms with E-state index >= 15 is 0 Å². The number of H-pyrrole nitrogens is 2. The van der Waals surface area contributed by atoms with Gasteiger partial charge in [0.25, 0.3) is 11.1 Å². The number of rotatable bonds is 0. The van der Waals surface area contributed by atoms with Crippen LogP contribution in [0.4, 0.5) is 0 Å². The topological polar surface area (TPSA) is 100 Å². The molecular weight excluding hydrogens is 356 g/mol. The van der Waals surface area contributed by atoms with E-state index in [1.54, 1.807) is 47.4 Å². The van der Waals surface area contributed by atoms with Crippen LogP contribution in [0.25, 0.3) is 11.3 Å². The molecule has 0 aliphatic rings. The molecule has 4 aromatic heterocycles. The van der Waals surface area contributed by atoms with E-state index < -0.39 is 0 Å². The largest absolute Gasteiger partial charge is 0.307 e. The summed E-state index contributed by atoms with van der Waals surface area (Å²) in [5.74, 6) is 0. The van der Waals surface area contributed by atoms with Crippen molar-refractivity contribution in [2.24, 2.45) is 0 Å². The first kappa shape index (κ1) is 22.9. The summed E-state index contributed by atoms with van der Waals surface area (Å²) in [6.07, 6.45) is 3.33. The van der Waals surface area contributed by atoms with E-state index in [-0.39, 0.29) is 11.1 Å². The minimum absolute atomic E-state index is 0.0412. The maximum absolute atomic E-state index is 11.3. The summed E-state index contributed by atoms with van der Waals surface area (Å²) in [7, 11) is 0. The first-order chi connectivity index (χ1) is 13.4. The van der Waals surface area contributed by atoms with Gasteiger partial charge in [0.15, 0.2) is 0 Å². The van der Waals surface area contributed by atoms with Gasteiger partial charge in [0.2, 0.25) is 0 Å². The Labute approximate surface area is 164 Å². The number of fused-ring (bicyclic) bond motifs is 2. The van der Waals surface area contributed by atoms with Crippen LogP contribution in [0.15, 0.2) is 34.1 Å². The minimum Gasteiger partial charge on any atom is -0.307 e. The fourth-order valence-corrected chi connectivity index (χ4v) is 2.40. The Morgan fingerprint density at radius 2 is 1.00 bits per heavy atom. The lowest BCUT2D eigenvalue weighted by atomic mass is 10.3. The summed E-state index contributed by atoms with van der Waals surface area (Å²) < 4.78 is 3.44. The van der Waals surface area contributed by atoms with Gasteiger partial charge in [0.05, 0.1) is 12.4 Å². The second-order valence-corrected chi connectivity index (χ2v) is 5.59. The second kappa shape index (κ2) is 10.2. The molecule has 0 fully saturated rings. The Hall–Kier alpha value is -3.16. The van der Waals surface area contributed by atoms with Crippen molar-refractivity contribution < 1.29 is 0 Å². The second-order valence-electron chi connectivity index (χ2n) is 5.59. The Bertz CT molecular complexity index is 1060. The van der Waals surface area contributed by atoms with Crippen LogP contribution in [0.3, 0.4) is 0 Å². The maximum Gasteiger partial charge on any atom is 0.254 e. The van der Waals surface area contributed by atoms with Gasteiger partial charge in [-0.1, -0.05) is 27.7 Å². The molecule has 0 unspecified atom stereocenters. The number of aromatic amines is 2. The van der Waals surface area contributed by atoms with Gasteiger partial charge in [-0.25, -0.2) is 9.03 Å². The number of hydrogen-bond donors (Lipinski definition) is 2. The predicted molar refractivity (Wildman–Crippen MR) is 113 cm³/mol. The Morgan fingerprint density at radius 1 is 0.679 bits per heavy atom. The molecule has 0 saturated carbocycles. The molecule has 4 aromatic rings. The Balaban J connectivity index is 0.000000238. The van der Waals surface area contributed by atoms with Crippen molar-refractivity contribution in [1.82, 2.24) is 29.2 Å². The van der Waals surface area contributed by atoms with Crippen LogP contribution in [-0.4, -0.2) is 29.2 Å². The van der Waals surface area contributed by atoms with Gasteiger partial charge in [0, 0.05) is 34.6 Å². The van der Waals surface area contributed by atoms with Gasteiger partial charge in [-0.05, 0) is 27.7 Å². The van der Waals surface area contributed by atoms with Crippen molar-refractivity contribution in [1.29, 1.82) is 0 Å². The van der Waals surface area contributed by atoms with Crippen LogP contribution < -0.4 is 11.1 Å². The standard InChI is InChI=1S/2C8H9N3O.2C2H6/c2*1-5-6(2)11-7(3-4-9-11)10-8(5)12;2*1-2/h2*3-4H,1-2H3,(H,10,12);2*1-2H3.